The van der Waals surface area contributed by atoms with Gasteiger partial charge in [-0.2, -0.15) is 5.10 Å². The molecular weight excluding hydrogens is 330 g/mol. The number of urea groups is 1. The lowest BCUT2D eigenvalue weighted by molar-refractivity contribution is 0.252. The number of rotatable bonds is 6. The number of carbonyl (C=O) groups excluding carboxylic acids is 1. The van der Waals surface area contributed by atoms with Gasteiger partial charge in [0.1, 0.15) is 12.1 Å². The fourth-order valence-corrected chi connectivity index (χ4v) is 2.56. The second-order valence-electron chi connectivity index (χ2n) is 5.90. The minimum atomic E-state index is -0.239. The van der Waals surface area contributed by atoms with Crippen molar-refractivity contribution in [1.29, 1.82) is 0 Å². The Labute approximate surface area is 151 Å². The zero-order chi connectivity index (χ0) is 18.4. The first-order valence-electron chi connectivity index (χ1n) is 8.29. The normalized spacial score (nSPS) is 10.4. The molecule has 2 aromatic heterocycles. The number of nitrogens with zero attached hydrogens (tertiary/aromatic N) is 4. The Hall–Kier alpha value is -3.42. The number of nitrogens with one attached hydrogen (secondary N) is 3. The van der Waals surface area contributed by atoms with Gasteiger partial charge in [-0.1, -0.05) is 6.07 Å². The summed E-state index contributed by atoms with van der Waals surface area (Å²) in [6, 6.07) is 9.31. The van der Waals surface area contributed by atoms with Crippen molar-refractivity contribution in [2.75, 3.05) is 23.7 Å². The van der Waals surface area contributed by atoms with Gasteiger partial charge in [0.25, 0.3) is 0 Å². The van der Waals surface area contributed by atoms with E-state index in [1.54, 1.807) is 16.9 Å². The molecule has 0 saturated carbocycles. The SMILES string of the molecule is Cc1cc(C)cc(NC(=O)NCCNc2cc(-n3cccn3)ncn2)c1. The largest absolute Gasteiger partial charge is 0.368 e. The van der Waals surface area contributed by atoms with E-state index >= 15 is 0 Å². The molecule has 0 fully saturated rings. The third-order valence-corrected chi connectivity index (χ3v) is 3.59. The molecule has 3 aromatic rings. The topological polar surface area (TPSA) is 96.8 Å². The van der Waals surface area contributed by atoms with Gasteiger partial charge >= 0.3 is 6.03 Å². The third kappa shape index (κ3) is 4.79. The first-order chi connectivity index (χ1) is 12.6. The Bertz CT molecular complexity index is 857. The van der Waals surface area contributed by atoms with Gasteiger partial charge in [0.15, 0.2) is 5.82 Å². The first kappa shape index (κ1) is 17.4. The van der Waals surface area contributed by atoms with E-state index in [1.165, 1.54) is 6.33 Å². The maximum absolute atomic E-state index is 12.0. The Morgan fingerprint density at radius 1 is 1.08 bits per heavy atom. The number of hydrogen-bond acceptors (Lipinski definition) is 5. The standard InChI is InChI=1S/C18H21N7O/c1-13-8-14(2)10-15(9-13)24-18(26)20-6-5-19-16-11-17(22-12-21-16)25-7-3-4-23-25/h3-4,7-12H,5-6H2,1-2H3,(H,19,21,22)(H2,20,24,26). The average molecular weight is 351 g/mol. The van der Waals surface area contributed by atoms with E-state index in [0.717, 1.165) is 16.8 Å². The quantitative estimate of drug-likeness (QED) is 0.593. The molecular formula is C18H21N7O. The highest BCUT2D eigenvalue weighted by atomic mass is 16.2. The lowest BCUT2D eigenvalue weighted by Crippen LogP contribution is -2.32. The summed E-state index contributed by atoms with van der Waals surface area (Å²) < 4.78 is 1.66. The summed E-state index contributed by atoms with van der Waals surface area (Å²) in [6.07, 6.45) is 4.97. The van der Waals surface area contributed by atoms with Crippen LogP contribution in [0.1, 0.15) is 11.1 Å². The van der Waals surface area contributed by atoms with Gasteiger partial charge in [-0.05, 0) is 43.2 Å². The fourth-order valence-electron chi connectivity index (χ4n) is 2.56. The third-order valence-electron chi connectivity index (χ3n) is 3.59. The number of hydrogen-bond donors (Lipinski definition) is 3. The highest BCUT2D eigenvalue weighted by Gasteiger charge is 2.03. The number of amides is 2. The molecule has 2 amide bonds. The zero-order valence-electron chi connectivity index (χ0n) is 14.7. The van der Waals surface area contributed by atoms with Crippen LogP contribution in [0.2, 0.25) is 0 Å². The molecule has 0 spiro atoms. The Morgan fingerprint density at radius 2 is 1.88 bits per heavy atom. The van der Waals surface area contributed by atoms with Crippen LogP contribution in [0.5, 0.6) is 0 Å². The molecule has 1 aromatic carbocycles. The minimum absolute atomic E-state index is 0.239. The van der Waals surface area contributed by atoms with Gasteiger partial charge in [-0.3, -0.25) is 0 Å². The smallest absolute Gasteiger partial charge is 0.319 e. The summed E-state index contributed by atoms with van der Waals surface area (Å²) in [5, 5.41) is 12.9. The van der Waals surface area contributed by atoms with Crippen LogP contribution < -0.4 is 16.0 Å². The van der Waals surface area contributed by atoms with Crippen molar-refractivity contribution in [2.24, 2.45) is 0 Å². The second-order valence-corrected chi connectivity index (χ2v) is 5.90. The molecule has 26 heavy (non-hydrogen) atoms. The van der Waals surface area contributed by atoms with Gasteiger partial charge in [-0.15, -0.1) is 0 Å². The van der Waals surface area contributed by atoms with Gasteiger partial charge in [0.2, 0.25) is 0 Å². The van der Waals surface area contributed by atoms with E-state index in [2.05, 4.69) is 37.1 Å². The van der Waals surface area contributed by atoms with Crippen LogP contribution in [-0.4, -0.2) is 38.9 Å². The van der Waals surface area contributed by atoms with E-state index in [-0.39, 0.29) is 6.03 Å². The predicted molar refractivity (Wildman–Crippen MR) is 101 cm³/mol. The zero-order valence-corrected chi connectivity index (χ0v) is 14.7. The Balaban J connectivity index is 1.45. The van der Waals surface area contributed by atoms with Crippen LogP contribution in [0.25, 0.3) is 5.82 Å². The maximum Gasteiger partial charge on any atom is 0.319 e. The number of aromatic nitrogens is 4. The molecule has 0 radical (unpaired) electrons. The minimum Gasteiger partial charge on any atom is -0.368 e. The van der Waals surface area contributed by atoms with Crippen molar-refractivity contribution < 1.29 is 4.79 Å². The number of carbonyl (C=O) groups is 1. The van der Waals surface area contributed by atoms with Gasteiger partial charge in [0, 0.05) is 37.2 Å². The fraction of sp³-hybridized carbons (Fsp3) is 0.222. The molecule has 8 heteroatoms. The molecule has 0 aliphatic carbocycles. The maximum atomic E-state index is 12.0. The Morgan fingerprint density at radius 3 is 2.62 bits per heavy atom. The van der Waals surface area contributed by atoms with E-state index in [4.69, 9.17) is 0 Å². The molecule has 0 saturated heterocycles. The van der Waals surface area contributed by atoms with Crippen molar-refractivity contribution in [3.05, 3.63) is 60.2 Å². The molecule has 0 aliphatic heterocycles. The summed E-state index contributed by atoms with van der Waals surface area (Å²) in [5.74, 6) is 1.34. The lowest BCUT2D eigenvalue weighted by atomic mass is 10.1. The van der Waals surface area contributed by atoms with Crippen LogP contribution in [0.3, 0.4) is 0 Å². The van der Waals surface area contributed by atoms with Crippen LogP contribution in [0.15, 0.2) is 49.1 Å². The van der Waals surface area contributed by atoms with E-state index in [1.807, 2.05) is 38.2 Å². The lowest BCUT2D eigenvalue weighted by Gasteiger charge is -2.10. The summed E-state index contributed by atoms with van der Waals surface area (Å²) >= 11 is 0. The van der Waals surface area contributed by atoms with Crippen LogP contribution >= 0.6 is 0 Å². The van der Waals surface area contributed by atoms with Crippen molar-refractivity contribution in [3.63, 3.8) is 0 Å². The van der Waals surface area contributed by atoms with Gasteiger partial charge < -0.3 is 16.0 Å². The Kier molecular flexibility index (Phi) is 5.43. The van der Waals surface area contributed by atoms with Crippen molar-refractivity contribution >= 4 is 17.5 Å². The monoisotopic (exact) mass is 351 g/mol. The van der Waals surface area contributed by atoms with Crippen molar-refractivity contribution in [1.82, 2.24) is 25.1 Å². The van der Waals surface area contributed by atoms with E-state index < -0.39 is 0 Å². The van der Waals surface area contributed by atoms with E-state index in [0.29, 0.717) is 24.7 Å². The van der Waals surface area contributed by atoms with Crippen LogP contribution in [-0.2, 0) is 0 Å². The summed E-state index contributed by atoms with van der Waals surface area (Å²) in [5.41, 5.74) is 3.00. The summed E-state index contributed by atoms with van der Waals surface area (Å²) in [7, 11) is 0. The number of benzene rings is 1. The van der Waals surface area contributed by atoms with Crippen LogP contribution in [0, 0.1) is 13.8 Å². The molecule has 0 bridgehead atoms. The van der Waals surface area contributed by atoms with Crippen molar-refractivity contribution in [3.8, 4) is 5.82 Å². The predicted octanol–water partition coefficient (Wildman–Crippen LogP) is 2.51. The average Bonchev–Trinajstić information content (AvgIpc) is 3.13. The molecule has 3 rings (SSSR count). The molecule has 8 nitrogen and oxygen atoms in total. The van der Waals surface area contributed by atoms with Gasteiger partial charge in [0.05, 0.1) is 0 Å². The summed E-state index contributed by atoms with van der Waals surface area (Å²) in [6.45, 7) is 4.99. The number of anilines is 2. The highest BCUT2D eigenvalue weighted by molar-refractivity contribution is 5.89. The van der Waals surface area contributed by atoms with Gasteiger partial charge in [-0.25, -0.2) is 19.4 Å². The molecule has 0 atom stereocenters. The second kappa shape index (κ2) is 8.11. The van der Waals surface area contributed by atoms with Crippen molar-refractivity contribution in [2.45, 2.75) is 13.8 Å². The van der Waals surface area contributed by atoms with E-state index in [9.17, 15) is 4.79 Å². The molecule has 0 unspecified atom stereocenters. The molecule has 2 heterocycles. The number of aryl methyl sites for hydroxylation is 2. The molecule has 0 aliphatic rings. The molecule has 134 valence electrons. The first-order valence-corrected chi connectivity index (χ1v) is 8.29. The summed E-state index contributed by atoms with van der Waals surface area (Å²) in [4.78, 5) is 20.3. The highest BCUT2D eigenvalue weighted by Crippen LogP contribution is 2.13. The van der Waals surface area contributed by atoms with Crippen LogP contribution in [0.4, 0.5) is 16.3 Å². The molecule has 3 N–H and O–H groups in total.